The molecule has 4 atom stereocenters. The molecule has 35 heteroatoms. The second kappa shape index (κ2) is 31.5. The number of nitrogens with zero attached hydrogens (tertiary/aromatic N) is 4. The molecule has 0 bridgehead atoms. The van der Waals surface area contributed by atoms with E-state index >= 15 is 0 Å². The summed E-state index contributed by atoms with van der Waals surface area (Å²) in [7, 11) is -16.3. The highest BCUT2D eigenvalue weighted by Gasteiger charge is 2.49. The summed E-state index contributed by atoms with van der Waals surface area (Å²) in [5.41, 5.74) is 10.7. The molecule has 0 aliphatic carbocycles. The van der Waals surface area contributed by atoms with Gasteiger partial charge >= 0.3 is 17.9 Å². The second-order valence-electron chi connectivity index (χ2n) is 23.1. The molecule has 0 spiro atoms. The molecule has 0 fully saturated rings. The number of aliphatic carboxylic acids is 1. The standard InChI is InChI=1S/C21H28N2O8S2.C19H24N2O5S.C7H10N4O2.C7H14O4S.C2H4O2.H3N.H2O/c1-12-20(3,7-5-9-32(26,27)28)17-14(22-12)11-15-18(16(17)19(24)25)21(4,13(2)23-15)8-6-10-33(29,30)31;1-10-18(3,4)15-13(20-10)9-12(17(22)23)14-16(15)21-11(2)19(14,5)7-6-8-27(24,25)26;8-10-5-1-4(7(12)13)2-6(3-5)11-9;1-6(7(2)8)4-3-5-12(9,10)11;1-2(3)4;;/h11H,5-10H2,1-4H3,(H,24,25)(H,26,27,28)(H,29,30,31);9H,6-8H2,1-5H3,(H,22,23)(H,24,25,26);1-3,10-11H,8-9H2,(H,12,13);6H,3-5H2,1-2H3,(H,9,10,11);1H3,(H,3,4);1H3;1H2. The lowest BCUT2D eigenvalue weighted by atomic mass is 9.68. The van der Waals surface area contributed by atoms with Crippen LogP contribution < -0.4 is 28.7 Å². The van der Waals surface area contributed by atoms with Crippen molar-refractivity contribution in [3.8, 4) is 0 Å². The molecule has 0 radical (unpaired) electrons. The molecule has 91 heavy (non-hydrogen) atoms. The van der Waals surface area contributed by atoms with Crippen LogP contribution >= 0.6 is 0 Å². The molecule has 0 saturated carbocycles. The predicted octanol–water partition coefficient (Wildman–Crippen LogP) is 7.51. The summed E-state index contributed by atoms with van der Waals surface area (Å²) in [6.07, 6.45) is 2.15. The minimum absolute atomic E-state index is 0. The Balaban J connectivity index is 0.000000636. The van der Waals surface area contributed by atoms with Crippen LogP contribution in [0.5, 0.6) is 0 Å². The molecule has 0 amide bonds. The lowest BCUT2D eigenvalue weighted by Gasteiger charge is -2.32. The number of carboxylic acid groups (broad SMARTS) is 4. The molecule has 31 nitrogen and oxygen atoms in total. The van der Waals surface area contributed by atoms with Crippen molar-refractivity contribution in [1.82, 2.24) is 6.15 Å². The Kier molecular flexibility index (Phi) is 28.4. The van der Waals surface area contributed by atoms with Crippen molar-refractivity contribution in [3.05, 3.63) is 69.3 Å². The SMILES string of the molecule is CC(=O)C(C)CCCS(=O)(=O)O.CC(=O)O.CC1=Nc2cc(C(=O)O)c3c(c2C1(C)C)N=C(C)C3(C)CCCS(=O)(=O)O.CC1=Nc2cc3c(c(C(=O)O)c2C1(C)CCCS(=O)(=O)O)C(C)(CCCS(=O)(=O)O)C(C)=N3.N.NNc1cc(NN)cc(C(=O)O)c1.O. The molecule has 4 heterocycles. The van der Waals surface area contributed by atoms with Gasteiger partial charge in [-0.2, -0.15) is 33.7 Å². The summed E-state index contributed by atoms with van der Waals surface area (Å²) in [6.45, 7) is 21.1. The molecule has 4 unspecified atom stereocenters. The van der Waals surface area contributed by atoms with Crippen LogP contribution in [0.25, 0.3) is 0 Å². The fourth-order valence-corrected chi connectivity index (χ4v) is 12.8. The van der Waals surface area contributed by atoms with Crippen molar-refractivity contribution in [2.45, 2.75) is 156 Å². The third-order valence-electron chi connectivity index (χ3n) is 16.2. The van der Waals surface area contributed by atoms with Crippen molar-refractivity contribution < 1.29 is 102 Å². The number of anilines is 2. The first-order valence-electron chi connectivity index (χ1n) is 27.5. The highest BCUT2D eigenvalue weighted by molar-refractivity contribution is 7.86. The maximum absolute atomic E-state index is 12.6. The summed E-state index contributed by atoms with van der Waals surface area (Å²) in [5, 5.41) is 36.2. The van der Waals surface area contributed by atoms with Crippen LogP contribution in [0.4, 0.5) is 34.1 Å². The van der Waals surface area contributed by atoms with Gasteiger partial charge in [0.2, 0.25) is 0 Å². The summed E-state index contributed by atoms with van der Waals surface area (Å²) in [5.74, 6) is 4.56. The van der Waals surface area contributed by atoms with E-state index in [0.29, 0.717) is 81.5 Å². The van der Waals surface area contributed by atoms with Gasteiger partial charge in [-0.05, 0) is 116 Å². The number of nitrogens with two attached hydrogens (primary N) is 2. The van der Waals surface area contributed by atoms with Crippen LogP contribution in [0.3, 0.4) is 0 Å². The summed E-state index contributed by atoms with van der Waals surface area (Å²) >= 11 is 0. The molecular formula is C56H85N9O22S4. The van der Waals surface area contributed by atoms with Gasteiger partial charge in [-0.1, -0.05) is 41.5 Å². The Bertz CT molecular complexity index is 3770. The van der Waals surface area contributed by atoms with Crippen molar-refractivity contribution in [2.75, 3.05) is 33.9 Å². The van der Waals surface area contributed by atoms with E-state index in [1.165, 1.54) is 19.1 Å². The molecule has 7 rings (SSSR count). The van der Waals surface area contributed by atoms with E-state index in [9.17, 15) is 63.1 Å². The number of hydrogen-bond donors (Lipinski definition) is 13. The van der Waals surface area contributed by atoms with E-state index in [1.807, 2.05) is 34.6 Å². The highest BCUT2D eigenvalue weighted by Crippen LogP contribution is 2.56. The minimum Gasteiger partial charge on any atom is -0.481 e. The smallest absolute Gasteiger partial charge is 0.336 e. The highest BCUT2D eigenvalue weighted by atomic mass is 32.2. The van der Waals surface area contributed by atoms with Crippen molar-refractivity contribution in [3.63, 3.8) is 0 Å². The number of nitrogens with one attached hydrogen (secondary N) is 2. The first kappa shape index (κ1) is 82.0. The molecule has 19 N–H and O–H groups in total. The molecule has 3 aromatic carbocycles. The Morgan fingerprint density at radius 3 is 1.18 bits per heavy atom. The number of rotatable bonds is 22. The third-order valence-corrected chi connectivity index (χ3v) is 19.4. The second-order valence-corrected chi connectivity index (χ2v) is 29.4. The number of nitrogen functional groups attached to an aromatic ring is 2. The number of aliphatic imine (C=N–C) groups is 4. The van der Waals surface area contributed by atoms with Gasteiger partial charge in [-0.15, -0.1) is 0 Å². The number of Topliss-reactive ketones (excluding diaryl/α,β-unsaturated/α-hetero) is 1. The first-order chi connectivity index (χ1) is 40.5. The Hall–Kier alpha value is -7.03. The first-order valence-corrected chi connectivity index (χ1v) is 33.9. The number of hydrogen-bond acceptors (Lipinski definition) is 22. The zero-order valence-corrected chi connectivity index (χ0v) is 55.9. The predicted molar refractivity (Wildman–Crippen MR) is 346 cm³/mol. The van der Waals surface area contributed by atoms with Crippen LogP contribution in [0.15, 0.2) is 50.3 Å². The number of benzene rings is 3. The Morgan fingerprint density at radius 2 is 0.846 bits per heavy atom. The zero-order valence-electron chi connectivity index (χ0n) is 52.6. The molecule has 0 aromatic heterocycles. The maximum Gasteiger partial charge on any atom is 0.336 e. The fraction of sp³-hybridized carbons (Fsp3) is 0.518. The van der Waals surface area contributed by atoms with Crippen LogP contribution in [-0.2, 0) is 71.7 Å². The van der Waals surface area contributed by atoms with E-state index in [4.69, 9.17) is 49.9 Å². The molecule has 510 valence electrons. The van der Waals surface area contributed by atoms with E-state index in [1.54, 1.807) is 52.8 Å². The van der Waals surface area contributed by atoms with Crippen molar-refractivity contribution in [1.29, 1.82) is 0 Å². The molecule has 4 aliphatic rings. The molecule has 0 saturated heterocycles. The van der Waals surface area contributed by atoms with Crippen LogP contribution in [-0.4, -0.2) is 153 Å². The van der Waals surface area contributed by atoms with E-state index in [0.717, 1.165) is 23.9 Å². The average molecular weight is 1360 g/mol. The normalized spacial score (nSPS) is 19.1. The monoisotopic (exact) mass is 1360 g/mol. The van der Waals surface area contributed by atoms with E-state index in [2.05, 4.69) is 25.8 Å². The lowest BCUT2D eigenvalue weighted by Crippen LogP contribution is -2.34. The molecule has 3 aromatic rings. The number of carbonyl (C=O) groups is 5. The summed E-state index contributed by atoms with van der Waals surface area (Å²) in [6, 6.07) is 7.72. The Morgan fingerprint density at radius 1 is 0.505 bits per heavy atom. The number of aromatic carboxylic acids is 3. The van der Waals surface area contributed by atoms with Crippen molar-refractivity contribution >= 4 is 127 Å². The van der Waals surface area contributed by atoms with E-state index < -0.39 is 92.1 Å². The van der Waals surface area contributed by atoms with Crippen LogP contribution in [0.1, 0.15) is 188 Å². The summed E-state index contributed by atoms with van der Waals surface area (Å²) < 4.78 is 123. The van der Waals surface area contributed by atoms with Gasteiger partial charge in [0, 0.05) is 79.6 Å². The lowest BCUT2D eigenvalue weighted by molar-refractivity contribution is -0.134. The number of carbonyl (C=O) groups excluding carboxylic acids is 1. The zero-order chi connectivity index (χ0) is 68.5. The van der Waals surface area contributed by atoms with Gasteiger partial charge in [0.15, 0.2) is 0 Å². The van der Waals surface area contributed by atoms with Gasteiger partial charge in [0.1, 0.15) is 5.78 Å². The van der Waals surface area contributed by atoms with Gasteiger partial charge in [-0.3, -0.25) is 59.5 Å². The molecule has 4 aliphatic heterocycles. The van der Waals surface area contributed by atoms with Gasteiger partial charge in [0.25, 0.3) is 46.4 Å². The van der Waals surface area contributed by atoms with Gasteiger partial charge in [0.05, 0.1) is 73.8 Å². The number of carboxylic acids is 4. The van der Waals surface area contributed by atoms with Gasteiger partial charge in [-0.25, -0.2) is 14.4 Å². The Labute approximate surface area is 529 Å². The topological polar surface area (TPSA) is 576 Å². The van der Waals surface area contributed by atoms with E-state index in [-0.39, 0.29) is 89.0 Å². The third kappa shape index (κ3) is 21.3. The maximum atomic E-state index is 12.6. The van der Waals surface area contributed by atoms with Crippen LogP contribution in [0, 0.1) is 5.92 Å². The number of hydrazine groups is 2. The largest absolute Gasteiger partial charge is 0.481 e. The van der Waals surface area contributed by atoms with Gasteiger partial charge < -0.3 is 42.9 Å². The van der Waals surface area contributed by atoms with Crippen LogP contribution in [0.2, 0.25) is 0 Å². The number of fused-ring (bicyclic) bond motifs is 5. The fourth-order valence-electron chi connectivity index (χ4n) is 10.7. The average Bonchev–Trinajstić information content (AvgIpc) is 1.57. The molecular weight excluding hydrogens is 1280 g/mol. The summed E-state index contributed by atoms with van der Waals surface area (Å²) in [4.78, 5) is 73.3. The quantitative estimate of drug-likeness (QED) is 0.0263. The minimum atomic E-state index is -4.17. The van der Waals surface area contributed by atoms with Crippen molar-refractivity contribution in [2.24, 2.45) is 37.6 Å². The number of ketones is 1.